The Morgan fingerprint density at radius 1 is 0.938 bits per heavy atom. The lowest BCUT2D eigenvalue weighted by atomic mass is 10.2. The van der Waals surface area contributed by atoms with E-state index in [1.807, 2.05) is 19.1 Å². The molecule has 0 spiro atoms. The van der Waals surface area contributed by atoms with E-state index < -0.39 is 14.7 Å². The van der Waals surface area contributed by atoms with E-state index in [4.69, 9.17) is 32.7 Å². The zero-order valence-corrected chi connectivity index (χ0v) is 19.4. The van der Waals surface area contributed by atoms with Crippen LogP contribution in [0, 0.1) is 11.3 Å². The number of ether oxygens (including phenoxy) is 2. The molecule has 3 aromatic carbocycles. The number of allylic oxidation sites excluding steroid dienone is 1. The minimum Gasteiger partial charge on any atom is -0.490 e. The number of benzene rings is 3. The third kappa shape index (κ3) is 5.83. The molecule has 0 heterocycles. The van der Waals surface area contributed by atoms with Crippen LogP contribution in [-0.2, 0) is 16.4 Å². The molecule has 0 amide bonds. The van der Waals surface area contributed by atoms with Crippen LogP contribution in [-0.4, -0.2) is 15.0 Å². The molecule has 0 saturated heterocycles. The Hall–Kier alpha value is -2.98. The van der Waals surface area contributed by atoms with Crippen LogP contribution >= 0.6 is 23.2 Å². The number of sulfone groups is 1. The van der Waals surface area contributed by atoms with Crippen LogP contribution in [0.15, 0.2) is 76.5 Å². The van der Waals surface area contributed by atoms with E-state index >= 15 is 0 Å². The molecule has 3 rings (SSSR count). The first kappa shape index (κ1) is 23.7. The van der Waals surface area contributed by atoms with Gasteiger partial charge in [0.1, 0.15) is 17.6 Å². The molecule has 0 radical (unpaired) electrons. The maximum absolute atomic E-state index is 12.8. The number of halogens is 2. The number of rotatable bonds is 8. The third-order valence-corrected chi connectivity index (χ3v) is 6.58. The van der Waals surface area contributed by atoms with Gasteiger partial charge in [-0.3, -0.25) is 0 Å². The van der Waals surface area contributed by atoms with Crippen LogP contribution < -0.4 is 9.47 Å². The van der Waals surface area contributed by atoms with Crippen molar-refractivity contribution in [3.05, 3.63) is 92.8 Å². The summed E-state index contributed by atoms with van der Waals surface area (Å²) < 4.78 is 37.2. The second-order valence-corrected chi connectivity index (χ2v) is 9.42. The highest BCUT2D eigenvalue weighted by atomic mass is 35.5. The van der Waals surface area contributed by atoms with Crippen LogP contribution in [0.25, 0.3) is 6.08 Å². The van der Waals surface area contributed by atoms with Gasteiger partial charge in [-0.1, -0.05) is 41.4 Å². The van der Waals surface area contributed by atoms with Crippen molar-refractivity contribution in [3.8, 4) is 17.6 Å². The predicted octanol–water partition coefficient (Wildman–Crippen LogP) is 6.31. The fourth-order valence-corrected chi connectivity index (χ4v) is 4.22. The molecule has 5 nitrogen and oxygen atoms in total. The molecule has 3 aromatic rings. The summed E-state index contributed by atoms with van der Waals surface area (Å²) in [5, 5.41) is 10.6. The van der Waals surface area contributed by atoms with Crippen LogP contribution in [0.4, 0.5) is 0 Å². The quantitative estimate of drug-likeness (QED) is 0.348. The number of hydrogen-bond acceptors (Lipinski definition) is 5. The molecule has 0 saturated carbocycles. The maximum atomic E-state index is 12.8. The zero-order valence-electron chi connectivity index (χ0n) is 17.1. The average Bonchev–Trinajstić information content (AvgIpc) is 2.78. The monoisotopic (exact) mass is 487 g/mol. The fourth-order valence-electron chi connectivity index (χ4n) is 2.81. The highest BCUT2D eigenvalue weighted by Crippen LogP contribution is 2.31. The number of nitrogens with zero attached hydrogens (tertiary/aromatic N) is 1. The number of hydrogen-bond donors (Lipinski definition) is 0. The van der Waals surface area contributed by atoms with E-state index in [2.05, 4.69) is 0 Å². The van der Waals surface area contributed by atoms with Crippen molar-refractivity contribution in [1.29, 1.82) is 5.26 Å². The van der Waals surface area contributed by atoms with Crippen LogP contribution in [0.2, 0.25) is 10.0 Å². The van der Waals surface area contributed by atoms with Gasteiger partial charge in [0, 0.05) is 10.0 Å². The lowest BCUT2D eigenvalue weighted by molar-refractivity contribution is 0.269. The Morgan fingerprint density at radius 2 is 1.56 bits per heavy atom. The van der Waals surface area contributed by atoms with Gasteiger partial charge in [-0.05, 0) is 72.7 Å². The minimum absolute atomic E-state index is 0.0114. The summed E-state index contributed by atoms with van der Waals surface area (Å²) in [5.74, 6) is 0.939. The molecule has 0 unspecified atom stereocenters. The van der Waals surface area contributed by atoms with Crippen molar-refractivity contribution in [2.45, 2.75) is 18.4 Å². The SMILES string of the molecule is CCOc1cc(/C=C(\C#N)S(=O)(=O)c2ccc(Cl)cc2)ccc1OCc1ccc(Cl)cc1. The Balaban J connectivity index is 1.88. The van der Waals surface area contributed by atoms with E-state index in [1.54, 1.807) is 36.4 Å². The normalized spacial score (nSPS) is 11.6. The molecule has 32 heavy (non-hydrogen) atoms. The molecule has 0 aliphatic carbocycles. The molecular weight excluding hydrogens is 469 g/mol. The van der Waals surface area contributed by atoms with E-state index in [9.17, 15) is 13.7 Å². The van der Waals surface area contributed by atoms with Gasteiger partial charge in [-0.25, -0.2) is 8.42 Å². The summed E-state index contributed by atoms with van der Waals surface area (Å²) >= 11 is 11.7. The van der Waals surface area contributed by atoms with Crippen LogP contribution in [0.1, 0.15) is 18.1 Å². The van der Waals surface area contributed by atoms with Gasteiger partial charge in [0.2, 0.25) is 9.84 Å². The standard InChI is InChI=1S/C24H19Cl2NO4S/c1-2-30-24-14-18(5-12-23(24)31-16-17-3-6-19(25)7-4-17)13-22(15-27)32(28,29)21-10-8-20(26)9-11-21/h3-14H,2,16H2,1H3/b22-13+. The third-order valence-electron chi connectivity index (χ3n) is 4.40. The van der Waals surface area contributed by atoms with Crippen LogP contribution in [0.3, 0.4) is 0 Å². The molecule has 0 fully saturated rings. The van der Waals surface area contributed by atoms with Crippen molar-refractivity contribution in [1.82, 2.24) is 0 Å². The van der Waals surface area contributed by atoms with Crippen molar-refractivity contribution < 1.29 is 17.9 Å². The van der Waals surface area contributed by atoms with Crippen molar-refractivity contribution >= 4 is 39.1 Å². The highest BCUT2D eigenvalue weighted by Gasteiger charge is 2.21. The Bertz CT molecular complexity index is 1260. The Morgan fingerprint density at radius 3 is 2.16 bits per heavy atom. The van der Waals surface area contributed by atoms with E-state index in [0.717, 1.165) is 5.56 Å². The second-order valence-electron chi connectivity index (χ2n) is 6.63. The number of nitriles is 1. The Kier molecular flexibility index (Phi) is 7.81. The molecule has 0 N–H and O–H groups in total. The first-order valence-corrected chi connectivity index (χ1v) is 11.8. The van der Waals surface area contributed by atoms with E-state index in [0.29, 0.717) is 40.3 Å². The molecule has 0 aromatic heterocycles. The van der Waals surface area contributed by atoms with Crippen molar-refractivity contribution in [2.75, 3.05) is 6.61 Å². The summed E-state index contributed by atoms with van der Waals surface area (Å²) in [7, 11) is -3.99. The smallest absolute Gasteiger partial charge is 0.216 e. The molecule has 164 valence electrons. The molecule has 0 aliphatic heterocycles. The van der Waals surface area contributed by atoms with Gasteiger partial charge in [0.05, 0.1) is 11.5 Å². The van der Waals surface area contributed by atoms with Crippen molar-refractivity contribution in [2.24, 2.45) is 0 Å². The molecule has 8 heteroatoms. The summed E-state index contributed by atoms with van der Waals surface area (Å²) in [6.45, 7) is 2.52. The van der Waals surface area contributed by atoms with Gasteiger partial charge in [-0.15, -0.1) is 0 Å². The average molecular weight is 488 g/mol. The topological polar surface area (TPSA) is 76.4 Å². The summed E-state index contributed by atoms with van der Waals surface area (Å²) in [4.78, 5) is -0.403. The van der Waals surface area contributed by atoms with Gasteiger partial charge < -0.3 is 9.47 Å². The largest absolute Gasteiger partial charge is 0.490 e. The van der Waals surface area contributed by atoms with Gasteiger partial charge >= 0.3 is 0 Å². The minimum atomic E-state index is -3.99. The van der Waals surface area contributed by atoms with Gasteiger partial charge in [0.15, 0.2) is 11.5 Å². The van der Waals surface area contributed by atoms with Gasteiger partial charge in [-0.2, -0.15) is 5.26 Å². The highest BCUT2D eigenvalue weighted by molar-refractivity contribution is 7.95. The zero-order chi connectivity index (χ0) is 23.1. The molecule has 0 atom stereocenters. The Labute approximate surface area is 197 Å². The van der Waals surface area contributed by atoms with Crippen LogP contribution in [0.5, 0.6) is 11.5 Å². The first-order chi connectivity index (χ1) is 15.3. The molecule has 0 aliphatic rings. The second kappa shape index (κ2) is 10.6. The molecule has 0 bridgehead atoms. The van der Waals surface area contributed by atoms with Crippen molar-refractivity contribution in [3.63, 3.8) is 0 Å². The maximum Gasteiger partial charge on any atom is 0.216 e. The first-order valence-electron chi connectivity index (χ1n) is 9.60. The lowest BCUT2D eigenvalue weighted by Gasteiger charge is -2.13. The summed E-state index contributed by atoms with van der Waals surface area (Å²) in [6.07, 6.45) is 1.30. The summed E-state index contributed by atoms with van der Waals surface area (Å²) in [5.41, 5.74) is 1.42. The molecular formula is C24H19Cl2NO4S. The van der Waals surface area contributed by atoms with E-state index in [-0.39, 0.29) is 4.90 Å². The fraction of sp³-hybridized carbons (Fsp3) is 0.125. The summed E-state index contributed by atoms with van der Waals surface area (Å²) in [6, 6.07) is 19.7. The van der Waals surface area contributed by atoms with Gasteiger partial charge in [0.25, 0.3) is 0 Å². The lowest BCUT2D eigenvalue weighted by Crippen LogP contribution is -2.03. The predicted molar refractivity (Wildman–Crippen MR) is 126 cm³/mol. The van der Waals surface area contributed by atoms with E-state index in [1.165, 1.54) is 30.3 Å².